The number of fused-ring (bicyclic) bond motifs is 4. The Morgan fingerprint density at radius 1 is 0.971 bits per heavy atom. The van der Waals surface area contributed by atoms with Gasteiger partial charge in [-0.25, -0.2) is 0 Å². The lowest BCUT2D eigenvalue weighted by atomic mass is 9.67. The van der Waals surface area contributed by atoms with Crippen LogP contribution in [0.15, 0.2) is 77.9 Å². The summed E-state index contributed by atoms with van der Waals surface area (Å²) in [6.45, 7) is 4.44. The van der Waals surface area contributed by atoms with E-state index in [0.29, 0.717) is 11.4 Å². The topological polar surface area (TPSA) is 48.4 Å². The largest absolute Gasteiger partial charge is 0.497 e. The normalized spacial score (nSPS) is 23.3. The summed E-state index contributed by atoms with van der Waals surface area (Å²) in [5, 5.41) is 7.04. The number of halogens is 1. The number of hydrazone groups is 1. The van der Waals surface area contributed by atoms with Crippen LogP contribution in [0.4, 0.5) is 17.1 Å². The number of amides is 1. The Hall–Kier alpha value is -3.51. The summed E-state index contributed by atoms with van der Waals surface area (Å²) in [4.78, 5) is 19.1. The number of piperazine rings is 1. The molecule has 0 aromatic heterocycles. The van der Waals surface area contributed by atoms with E-state index < -0.39 is 5.41 Å². The molecule has 3 aromatic carbocycles. The number of benzene rings is 3. The van der Waals surface area contributed by atoms with Gasteiger partial charge in [-0.15, -0.1) is 0 Å². The van der Waals surface area contributed by atoms with Crippen molar-refractivity contribution in [1.29, 1.82) is 0 Å². The minimum absolute atomic E-state index is 0.0263. The van der Waals surface area contributed by atoms with Crippen LogP contribution < -0.4 is 19.5 Å². The van der Waals surface area contributed by atoms with Gasteiger partial charge in [-0.3, -0.25) is 4.79 Å². The van der Waals surface area contributed by atoms with E-state index in [2.05, 4.69) is 46.2 Å². The molecule has 0 aliphatic carbocycles. The Morgan fingerprint density at radius 2 is 1.69 bits per heavy atom. The second kappa shape index (κ2) is 8.31. The van der Waals surface area contributed by atoms with E-state index >= 15 is 0 Å². The van der Waals surface area contributed by atoms with Gasteiger partial charge >= 0.3 is 0 Å². The van der Waals surface area contributed by atoms with Crippen molar-refractivity contribution in [2.24, 2.45) is 10.5 Å². The van der Waals surface area contributed by atoms with E-state index in [1.807, 2.05) is 31.2 Å². The van der Waals surface area contributed by atoms with Crippen LogP contribution in [0.3, 0.4) is 0 Å². The number of carbonyl (C=O) groups excluding carboxylic acids is 1. The van der Waals surface area contributed by atoms with Crippen molar-refractivity contribution in [3.63, 3.8) is 0 Å². The van der Waals surface area contributed by atoms with Gasteiger partial charge in [-0.1, -0.05) is 29.8 Å². The third-order valence-electron chi connectivity index (χ3n) is 7.70. The second-order valence-electron chi connectivity index (χ2n) is 9.41. The highest BCUT2D eigenvalue weighted by Gasteiger charge is 2.59. The number of carbonyl (C=O) groups is 1. The molecule has 0 N–H and O–H groups in total. The summed E-state index contributed by atoms with van der Waals surface area (Å²) in [5.41, 5.74) is 4.42. The van der Waals surface area contributed by atoms with Crippen molar-refractivity contribution < 1.29 is 9.53 Å². The molecule has 3 aliphatic heterocycles. The summed E-state index contributed by atoms with van der Waals surface area (Å²) in [6, 6.07) is 23.9. The Labute approximate surface area is 210 Å². The minimum Gasteiger partial charge on any atom is -0.497 e. The molecule has 2 atom stereocenters. The SMILES string of the molecule is COc1ccc(N2CCN3c4ccccc4CC4(C(=O)N(c5ccc(Cl)cc5)N=C4C)C3C2)cc1. The van der Waals surface area contributed by atoms with Gasteiger partial charge in [0.15, 0.2) is 0 Å². The van der Waals surface area contributed by atoms with Gasteiger partial charge in [0.1, 0.15) is 11.2 Å². The zero-order valence-corrected chi connectivity index (χ0v) is 20.6. The van der Waals surface area contributed by atoms with Crippen LogP contribution in [-0.4, -0.2) is 44.4 Å². The van der Waals surface area contributed by atoms with Gasteiger partial charge in [0.2, 0.25) is 0 Å². The quantitative estimate of drug-likeness (QED) is 0.522. The first-order valence-electron chi connectivity index (χ1n) is 11.9. The standard InChI is InChI=1S/C28H27ClN4O2/c1-19-28(27(34)33(30-19)23-9-7-21(29)8-10-23)17-20-5-3-4-6-25(20)32-16-15-31(18-26(28)32)22-11-13-24(35-2)14-12-22/h3-14,26H,15-18H2,1-2H3. The molecule has 1 fully saturated rings. The molecule has 1 saturated heterocycles. The fourth-order valence-corrected chi connectivity index (χ4v) is 5.98. The summed E-state index contributed by atoms with van der Waals surface area (Å²) in [7, 11) is 1.68. The lowest BCUT2D eigenvalue weighted by Gasteiger charge is -2.53. The van der Waals surface area contributed by atoms with Crippen LogP contribution >= 0.6 is 11.6 Å². The monoisotopic (exact) mass is 486 g/mol. The van der Waals surface area contributed by atoms with Crippen LogP contribution in [0.2, 0.25) is 5.02 Å². The molecule has 2 unspecified atom stereocenters. The maximum absolute atomic E-state index is 14.3. The smallest absolute Gasteiger partial charge is 0.261 e. The first-order valence-corrected chi connectivity index (χ1v) is 12.3. The highest BCUT2D eigenvalue weighted by atomic mass is 35.5. The molecule has 7 heteroatoms. The highest BCUT2D eigenvalue weighted by molar-refractivity contribution is 6.30. The predicted molar refractivity (Wildman–Crippen MR) is 141 cm³/mol. The van der Waals surface area contributed by atoms with Crippen LogP contribution in [0, 0.1) is 5.41 Å². The number of anilines is 3. The van der Waals surface area contributed by atoms with Crippen molar-refractivity contribution in [2.75, 3.05) is 41.6 Å². The lowest BCUT2D eigenvalue weighted by molar-refractivity contribution is -0.125. The van der Waals surface area contributed by atoms with Crippen LogP contribution in [0.25, 0.3) is 0 Å². The zero-order valence-electron chi connectivity index (χ0n) is 19.8. The van der Waals surface area contributed by atoms with E-state index in [4.69, 9.17) is 21.4 Å². The molecule has 0 radical (unpaired) electrons. The van der Waals surface area contributed by atoms with Gasteiger partial charge in [0.05, 0.1) is 24.6 Å². The van der Waals surface area contributed by atoms with Crippen molar-refractivity contribution in [1.82, 2.24) is 0 Å². The minimum atomic E-state index is -0.737. The van der Waals surface area contributed by atoms with Crippen molar-refractivity contribution in [3.05, 3.63) is 83.4 Å². The maximum atomic E-state index is 14.3. The Kier molecular flexibility index (Phi) is 5.22. The van der Waals surface area contributed by atoms with Gasteiger partial charge in [0.25, 0.3) is 5.91 Å². The molecule has 0 saturated carbocycles. The van der Waals surface area contributed by atoms with Gasteiger partial charge in [0, 0.05) is 36.0 Å². The van der Waals surface area contributed by atoms with E-state index in [-0.39, 0.29) is 11.9 Å². The molecule has 178 valence electrons. The predicted octanol–water partition coefficient (Wildman–Crippen LogP) is 5.01. The first-order chi connectivity index (χ1) is 17.0. The second-order valence-corrected chi connectivity index (χ2v) is 9.85. The van der Waals surface area contributed by atoms with Crippen molar-refractivity contribution in [2.45, 2.75) is 19.4 Å². The number of methoxy groups -OCH3 is 1. The van der Waals surface area contributed by atoms with Crippen LogP contribution in [0.1, 0.15) is 12.5 Å². The van der Waals surface area contributed by atoms with Gasteiger partial charge < -0.3 is 14.5 Å². The number of hydrogen-bond donors (Lipinski definition) is 0. The summed E-state index contributed by atoms with van der Waals surface area (Å²) >= 11 is 6.11. The third-order valence-corrected chi connectivity index (χ3v) is 7.95. The number of rotatable bonds is 3. The number of nitrogens with zero attached hydrogens (tertiary/aromatic N) is 4. The number of para-hydroxylation sites is 1. The molecule has 3 heterocycles. The van der Waals surface area contributed by atoms with E-state index in [1.54, 1.807) is 24.3 Å². The lowest BCUT2D eigenvalue weighted by Crippen LogP contribution is -2.67. The number of ether oxygens (including phenoxy) is 1. The molecule has 1 spiro atoms. The fourth-order valence-electron chi connectivity index (χ4n) is 5.85. The van der Waals surface area contributed by atoms with E-state index in [0.717, 1.165) is 42.5 Å². The van der Waals surface area contributed by atoms with E-state index in [9.17, 15) is 4.79 Å². The average molecular weight is 487 g/mol. The highest BCUT2D eigenvalue weighted by Crippen LogP contribution is 2.48. The molecular weight excluding hydrogens is 460 g/mol. The molecule has 0 bridgehead atoms. The Balaban J connectivity index is 1.42. The Bertz CT molecular complexity index is 1310. The van der Waals surface area contributed by atoms with Gasteiger partial charge in [-0.05, 0) is 73.5 Å². The molecule has 6 nitrogen and oxygen atoms in total. The fraction of sp³-hybridized carbons (Fsp3) is 0.286. The average Bonchev–Trinajstić information content (AvgIpc) is 3.14. The van der Waals surface area contributed by atoms with Crippen molar-refractivity contribution in [3.8, 4) is 5.75 Å². The summed E-state index contributed by atoms with van der Waals surface area (Å²) < 4.78 is 5.35. The van der Waals surface area contributed by atoms with Gasteiger partial charge in [-0.2, -0.15) is 10.1 Å². The molecular formula is C28H27ClN4O2. The summed E-state index contributed by atoms with van der Waals surface area (Å²) in [6.07, 6.45) is 0.638. The van der Waals surface area contributed by atoms with Crippen molar-refractivity contribution >= 4 is 40.3 Å². The molecule has 3 aromatic rings. The van der Waals surface area contributed by atoms with E-state index in [1.165, 1.54) is 11.3 Å². The molecule has 35 heavy (non-hydrogen) atoms. The molecule has 3 aliphatic rings. The number of hydrogen-bond acceptors (Lipinski definition) is 5. The molecule has 6 rings (SSSR count). The summed E-state index contributed by atoms with van der Waals surface area (Å²) in [5.74, 6) is 0.862. The maximum Gasteiger partial charge on any atom is 0.261 e. The molecule has 1 amide bonds. The third kappa shape index (κ3) is 3.39. The Morgan fingerprint density at radius 3 is 2.43 bits per heavy atom. The van der Waals surface area contributed by atoms with Crippen LogP contribution in [0.5, 0.6) is 5.75 Å². The first kappa shape index (κ1) is 22.0. The van der Waals surface area contributed by atoms with Crippen LogP contribution in [-0.2, 0) is 11.2 Å². The zero-order chi connectivity index (χ0) is 24.2.